The number of thiazole rings is 1. The topological polar surface area (TPSA) is 48.1 Å². The van der Waals surface area contributed by atoms with Crippen LogP contribution in [-0.2, 0) is 11.3 Å². The van der Waals surface area contributed by atoms with Crippen molar-refractivity contribution in [1.82, 2.24) is 4.98 Å². The molecule has 1 heterocycles. The molecule has 0 amide bonds. The lowest BCUT2D eigenvalue weighted by molar-refractivity contribution is 0.0910. The molecule has 3 nitrogen and oxygen atoms in total. The normalized spacial score (nSPS) is 12.8. The molecule has 1 atom stereocenters. The van der Waals surface area contributed by atoms with Crippen molar-refractivity contribution in [2.45, 2.75) is 39.3 Å². The molecule has 0 bridgehead atoms. The highest BCUT2D eigenvalue weighted by atomic mass is 32.1. The smallest absolute Gasteiger partial charge is 0.134 e. The Kier molecular flexibility index (Phi) is 5.29. The van der Waals surface area contributed by atoms with Gasteiger partial charge in [0.05, 0.1) is 5.69 Å². The number of nitrogens with two attached hydrogens (primary N) is 1. The van der Waals surface area contributed by atoms with Crippen LogP contribution in [0.3, 0.4) is 0 Å². The summed E-state index contributed by atoms with van der Waals surface area (Å²) in [6.07, 6.45) is -0.0935. The first-order valence-corrected chi connectivity index (χ1v) is 7.85. The van der Waals surface area contributed by atoms with Crippen LogP contribution in [0.5, 0.6) is 0 Å². The number of benzene rings is 1. The van der Waals surface area contributed by atoms with E-state index in [4.69, 9.17) is 15.5 Å². The van der Waals surface area contributed by atoms with E-state index >= 15 is 0 Å². The van der Waals surface area contributed by atoms with Gasteiger partial charge < -0.3 is 10.5 Å². The number of hydrogen-bond acceptors (Lipinski definition) is 4. The standard InChI is InChI=1S/C16H22N2OS/c1-4-19-15(12-8-6-5-7-9-12)16-18-14(11(2)3)13(10-17)20-16/h5-9,11,15H,4,10,17H2,1-3H3. The second-order valence-electron chi connectivity index (χ2n) is 4.97. The van der Waals surface area contributed by atoms with E-state index in [9.17, 15) is 0 Å². The minimum Gasteiger partial charge on any atom is -0.367 e. The number of nitrogens with zero attached hydrogens (tertiary/aromatic N) is 1. The lowest BCUT2D eigenvalue weighted by atomic mass is 10.1. The quantitative estimate of drug-likeness (QED) is 0.879. The Morgan fingerprint density at radius 3 is 2.45 bits per heavy atom. The average Bonchev–Trinajstić information content (AvgIpc) is 2.90. The Hall–Kier alpha value is -1.23. The van der Waals surface area contributed by atoms with E-state index < -0.39 is 0 Å². The van der Waals surface area contributed by atoms with Gasteiger partial charge in [-0.3, -0.25) is 0 Å². The lowest BCUT2D eigenvalue weighted by Crippen LogP contribution is -2.06. The van der Waals surface area contributed by atoms with Gasteiger partial charge in [0, 0.05) is 18.0 Å². The number of aromatic nitrogens is 1. The van der Waals surface area contributed by atoms with Gasteiger partial charge >= 0.3 is 0 Å². The Morgan fingerprint density at radius 1 is 1.25 bits per heavy atom. The fraction of sp³-hybridized carbons (Fsp3) is 0.438. The Labute approximate surface area is 124 Å². The summed E-state index contributed by atoms with van der Waals surface area (Å²) >= 11 is 1.67. The monoisotopic (exact) mass is 290 g/mol. The molecule has 108 valence electrons. The van der Waals surface area contributed by atoms with Gasteiger partial charge in [-0.05, 0) is 18.4 Å². The van der Waals surface area contributed by atoms with Crippen LogP contribution in [0.1, 0.15) is 53.9 Å². The molecule has 20 heavy (non-hydrogen) atoms. The van der Waals surface area contributed by atoms with Crippen LogP contribution >= 0.6 is 11.3 Å². The average molecular weight is 290 g/mol. The summed E-state index contributed by atoms with van der Waals surface area (Å²) < 4.78 is 5.91. The zero-order valence-electron chi connectivity index (χ0n) is 12.3. The molecule has 0 saturated carbocycles. The van der Waals surface area contributed by atoms with Crippen molar-refractivity contribution < 1.29 is 4.74 Å². The van der Waals surface area contributed by atoms with Gasteiger partial charge in [0.15, 0.2) is 0 Å². The van der Waals surface area contributed by atoms with Gasteiger partial charge in [-0.2, -0.15) is 0 Å². The van der Waals surface area contributed by atoms with Crippen LogP contribution in [0.15, 0.2) is 30.3 Å². The maximum atomic E-state index is 5.91. The van der Waals surface area contributed by atoms with Gasteiger partial charge in [-0.15, -0.1) is 11.3 Å². The van der Waals surface area contributed by atoms with Crippen LogP contribution in [0.4, 0.5) is 0 Å². The van der Waals surface area contributed by atoms with Crippen molar-refractivity contribution in [3.05, 3.63) is 51.5 Å². The highest BCUT2D eigenvalue weighted by molar-refractivity contribution is 7.11. The molecule has 2 aromatic rings. The van der Waals surface area contributed by atoms with E-state index in [1.165, 1.54) is 0 Å². The minimum atomic E-state index is -0.0935. The summed E-state index contributed by atoms with van der Waals surface area (Å²) in [6, 6.07) is 10.2. The third-order valence-electron chi connectivity index (χ3n) is 3.14. The van der Waals surface area contributed by atoms with E-state index in [-0.39, 0.29) is 6.10 Å². The van der Waals surface area contributed by atoms with Crippen LogP contribution in [-0.4, -0.2) is 11.6 Å². The number of rotatable bonds is 6. The van der Waals surface area contributed by atoms with E-state index in [0.717, 1.165) is 21.1 Å². The summed E-state index contributed by atoms with van der Waals surface area (Å²) in [5, 5.41) is 1.00. The van der Waals surface area contributed by atoms with E-state index in [2.05, 4.69) is 26.0 Å². The zero-order valence-corrected chi connectivity index (χ0v) is 13.1. The predicted molar refractivity (Wildman–Crippen MR) is 84.0 cm³/mol. The van der Waals surface area contributed by atoms with Gasteiger partial charge in [0.25, 0.3) is 0 Å². The zero-order chi connectivity index (χ0) is 14.5. The highest BCUT2D eigenvalue weighted by Crippen LogP contribution is 2.33. The van der Waals surface area contributed by atoms with Crippen molar-refractivity contribution in [3.63, 3.8) is 0 Å². The Morgan fingerprint density at radius 2 is 1.95 bits per heavy atom. The molecule has 0 aliphatic carbocycles. The van der Waals surface area contributed by atoms with Crippen LogP contribution in [0.25, 0.3) is 0 Å². The van der Waals surface area contributed by atoms with Crippen LogP contribution in [0.2, 0.25) is 0 Å². The predicted octanol–water partition coefficient (Wildman–Crippen LogP) is 3.85. The molecule has 1 aromatic carbocycles. The molecule has 0 aliphatic heterocycles. The van der Waals surface area contributed by atoms with Crippen molar-refractivity contribution >= 4 is 11.3 Å². The molecule has 0 fully saturated rings. The molecular weight excluding hydrogens is 268 g/mol. The first kappa shape index (κ1) is 15.2. The maximum Gasteiger partial charge on any atom is 0.134 e. The van der Waals surface area contributed by atoms with E-state index in [1.54, 1.807) is 11.3 Å². The maximum absolute atomic E-state index is 5.91. The molecule has 1 aromatic heterocycles. The van der Waals surface area contributed by atoms with Crippen LogP contribution < -0.4 is 5.73 Å². The molecule has 0 radical (unpaired) electrons. The summed E-state index contributed by atoms with van der Waals surface area (Å²) in [5.41, 5.74) is 8.09. The fourth-order valence-corrected chi connectivity index (χ4v) is 3.37. The molecule has 2 N–H and O–H groups in total. The Bertz CT molecular complexity index is 537. The first-order valence-electron chi connectivity index (χ1n) is 7.03. The molecule has 0 aliphatic rings. The van der Waals surface area contributed by atoms with E-state index in [0.29, 0.717) is 19.1 Å². The lowest BCUT2D eigenvalue weighted by Gasteiger charge is -2.14. The van der Waals surface area contributed by atoms with Gasteiger partial charge in [0.2, 0.25) is 0 Å². The molecule has 0 saturated heterocycles. The minimum absolute atomic E-state index is 0.0935. The summed E-state index contributed by atoms with van der Waals surface area (Å²) in [4.78, 5) is 5.95. The first-order chi connectivity index (χ1) is 9.67. The molecule has 1 unspecified atom stereocenters. The summed E-state index contributed by atoms with van der Waals surface area (Å²) in [6.45, 7) is 7.51. The number of ether oxygens (including phenoxy) is 1. The van der Waals surface area contributed by atoms with Gasteiger partial charge in [0.1, 0.15) is 11.1 Å². The summed E-state index contributed by atoms with van der Waals surface area (Å²) in [7, 11) is 0. The Balaban J connectivity index is 2.40. The molecule has 4 heteroatoms. The number of hydrogen-bond donors (Lipinski definition) is 1. The van der Waals surface area contributed by atoms with Crippen LogP contribution in [0, 0.1) is 0 Å². The molecule has 2 rings (SSSR count). The third-order valence-corrected chi connectivity index (χ3v) is 4.27. The van der Waals surface area contributed by atoms with Crippen molar-refractivity contribution in [3.8, 4) is 0 Å². The fourth-order valence-electron chi connectivity index (χ4n) is 2.20. The van der Waals surface area contributed by atoms with Crippen molar-refractivity contribution in [2.24, 2.45) is 5.73 Å². The summed E-state index contributed by atoms with van der Waals surface area (Å²) in [5.74, 6) is 0.386. The van der Waals surface area contributed by atoms with Crippen molar-refractivity contribution in [2.75, 3.05) is 6.61 Å². The largest absolute Gasteiger partial charge is 0.367 e. The van der Waals surface area contributed by atoms with Gasteiger partial charge in [-0.25, -0.2) is 4.98 Å². The van der Waals surface area contributed by atoms with E-state index in [1.807, 2.05) is 25.1 Å². The van der Waals surface area contributed by atoms with Crippen molar-refractivity contribution in [1.29, 1.82) is 0 Å². The SMILES string of the molecule is CCOC(c1ccccc1)c1nc(C(C)C)c(CN)s1. The second kappa shape index (κ2) is 6.97. The second-order valence-corrected chi connectivity index (χ2v) is 6.08. The third kappa shape index (κ3) is 3.26. The van der Waals surface area contributed by atoms with Gasteiger partial charge in [-0.1, -0.05) is 44.2 Å². The molecule has 0 spiro atoms. The molecular formula is C16H22N2OS. The highest BCUT2D eigenvalue weighted by Gasteiger charge is 2.21.